The van der Waals surface area contributed by atoms with Gasteiger partial charge in [0.25, 0.3) is 5.91 Å². The summed E-state index contributed by atoms with van der Waals surface area (Å²) in [6.45, 7) is 5.06. The predicted molar refractivity (Wildman–Crippen MR) is 80.2 cm³/mol. The van der Waals surface area contributed by atoms with Crippen LogP contribution in [0.1, 0.15) is 31.3 Å². The van der Waals surface area contributed by atoms with Crippen molar-refractivity contribution < 1.29 is 14.7 Å². The van der Waals surface area contributed by atoms with Crippen molar-refractivity contribution in [1.29, 1.82) is 0 Å². The number of pyridine rings is 1. The summed E-state index contributed by atoms with van der Waals surface area (Å²) in [7, 11) is 0. The monoisotopic (exact) mass is 286 g/mol. The third-order valence-corrected chi connectivity index (χ3v) is 3.22. The molecule has 0 aliphatic rings. The van der Waals surface area contributed by atoms with Crippen molar-refractivity contribution in [3.8, 4) is 0 Å². The molecule has 21 heavy (non-hydrogen) atoms. The zero-order valence-corrected chi connectivity index (χ0v) is 12.3. The quantitative estimate of drug-likeness (QED) is 0.941. The summed E-state index contributed by atoms with van der Waals surface area (Å²) in [6.07, 6.45) is 1.57. The third-order valence-electron chi connectivity index (χ3n) is 3.22. The average molecular weight is 286 g/mol. The third kappa shape index (κ3) is 3.18. The molecule has 110 valence electrons. The van der Waals surface area contributed by atoms with Crippen LogP contribution >= 0.6 is 0 Å². The minimum atomic E-state index is -1.04. The molecule has 0 unspecified atom stereocenters. The number of carboxylic acids is 1. The first-order valence-corrected chi connectivity index (χ1v) is 6.68. The second kappa shape index (κ2) is 5.52. The van der Waals surface area contributed by atoms with Gasteiger partial charge in [0.1, 0.15) is 12.2 Å². The fourth-order valence-electron chi connectivity index (χ4n) is 2.17. The number of carbonyl (C=O) groups is 2. The van der Waals surface area contributed by atoms with E-state index >= 15 is 0 Å². The topological polar surface area (TPSA) is 70.5 Å². The van der Waals surface area contributed by atoms with Gasteiger partial charge in [0.05, 0.1) is 0 Å². The summed E-state index contributed by atoms with van der Waals surface area (Å²) in [6, 6.07) is 9.25. The Bertz CT molecular complexity index is 684. The van der Waals surface area contributed by atoms with E-state index in [9.17, 15) is 9.59 Å². The van der Waals surface area contributed by atoms with Crippen LogP contribution in [0.2, 0.25) is 0 Å². The first kappa shape index (κ1) is 15.0. The maximum atomic E-state index is 12.7. The molecule has 1 aromatic carbocycles. The first-order valence-electron chi connectivity index (χ1n) is 6.68. The zero-order chi connectivity index (χ0) is 15.6. The van der Waals surface area contributed by atoms with E-state index in [-0.39, 0.29) is 18.1 Å². The van der Waals surface area contributed by atoms with Crippen molar-refractivity contribution in [3.63, 3.8) is 0 Å². The number of amides is 1. The molecule has 5 heteroatoms. The molecule has 0 atom stereocenters. The molecule has 2 rings (SSSR count). The smallest absolute Gasteiger partial charge is 0.323 e. The van der Waals surface area contributed by atoms with E-state index in [2.05, 4.69) is 4.98 Å². The molecule has 2 aromatic rings. The summed E-state index contributed by atoms with van der Waals surface area (Å²) in [5.41, 5.74) is -0.321. The molecule has 1 N–H and O–H groups in total. The predicted octanol–water partition coefficient (Wildman–Crippen LogP) is 2.56. The number of carboxylic acid groups (broad SMARTS) is 1. The van der Waals surface area contributed by atoms with Crippen molar-refractivity contribution in [3.05, 3.63) is 42.2 Å². The molecule has 0 saturated heterocycles. The Morgan fingerprint density at radius 2 is 1.86 bits per heavy atom. The van der Waals surface area contributed by atoms with E-state index in [4.69, 9.17) is 5.11 Å². The van der Waals surface area contributed by atoms with E-state index in [1.165, 1.54) is 4.90 Å². The van der Waals surface area contributed by atoms with Crippen molar-refractivity contribution in [2.24, 2.45) is 0 Å². The van der Waals surface area contributed by atoms with Crippen LogP contribution in [0, 0.1) is 0 Å². The minimum Gasteiger partial charge on any atom is -0.480 e. The normalized spacial score (nSPS) is 11.4. The highest BCUT2D eigenvalue weighted by Gasteiger charge is 2.30. The Hall–Kier alpha value is -2.43. The molecule has 0 spiro atoms. The van der Waals surface area contributed by atoms with Gasteiger partial charge in [0.15, 0.2) is 0 Å². The average Bonchev–Trinajstić information content (AvgIpc) is 2.42. The number of benzene rings is 1. The Balaban J connectivity index is 2.51. The SMILES string of the molecule is CC(C)(C)N(CC(=O)O)C(=O)c1nccc2ccccc12. The highest BCUT2D eigenvalue weighted by atomic mass is 16.4. The maximum absolute atomic E-state index is 12.7. The fraction of sp³-hybridized carbons (Fsp3) is 0.312. The lowest BCUT2D eigenvalue weighted by molar-refractivity contribution is -0.138. The van der Waals surface area contributed by atoms with Crippen molar-refractivity contribution in [1.82, 2.24) is 9.88 Å². The number of hydrogen-bond acceptors (Lipinski definition) is 3. The number of aromatic nitrogens is 1. The van der Waals surface area contributed by atoms with Gasteiger partial charge in [-0.1, -0.05) is 24.3 Å². The second-order valence-corrected chi connectivity index (χ2v) is 5.84. The van der Waals surface area contributed by atoms with Crippen LogP contribution in [0.25, 0.3) is 10.8 Å². The maximum Gasteiger partial charge on any atom is 0.323 e. The first-order chi connectivity index (χ1) is 9.80. The van der Waals surface area contributed by atoms with Crippen LogP contribution in [0.5, 0.6) is 0 Å². The summed E-state index contributed by atoms with van der Waals surface area (Å²) in [4.78, 5) is 29.3. The van der Waals surface area contributed by atoms with Crippen LogP contribution in [0.15, 0.2) is 36.5 Å². The van der Waals surface area contributed by atoms with Crippen molar-refractivity contribution >= 4 is 22.6 Å². The Labute approximate surface area is 123 Å². The highest BCUT2D eigenvalue weighted by molar-refractivity contribution is 6.06. The molecule has 0 radical (unpaired) electrons. The molecular weight excluding hydrogens is 268 g/mol. The van der Waals surface area contributed by atoms with Crippen LogP contribution in [0.4, 0.5) is 0 Å². The molecule has 1 aromatic heterocycles. The highest BCUT2D eigenvalue weighted by Crippen LogP contribution is 2.21. The Kier molecular flexibility index (Phi) is 3.93. The van der Waals surface area contributed by atoms with Crippen LogP contribution in [-0.2, 0) is 4.79 Å². The number of hydrogen-bond donors (Lipinski definition) is 1. The van der Waals surface area contributed by atoms with Gasteiger partial charge in [-0.2, -0.15) is 0 Å². The molecule has 0 aliphatic carbocycles. The summed E-state index contributed by atoms with van der Waals surface area (Å²) >= 11 is 0. The zero-order valence-electron chi connectivity index (χ0n) is 12.3. The van der Waals surface area contributed by atoms with Crippen LogP contribution in [0.3, 0.4) is 0 Å². The standard InChI is InChI=1S/C16H18N2O3/c1-16(2,3)18(10-13(19)20)15(21)14-12-7-5-4-6-11(12)8-9-17-14/h4-9H,10H2,1-3H3,(H,19,20). The van der Waals surface area contributed by atoms with Gasteiger partial charge in [-0.05, 0) is 32.2 Å². The molecule has 0 bridgehead atoms. The molecular formula is C16H18N2O3. The van der Waals surface area contributed by atoms with Gasteiger partial charge in [0, 0.05) is 17.1 Å². The lowest BCUT2D eigenvalue weighted by atomic mass is 10.0. The second-order valence-electron chi connectivity index (χ2n) is 5.84. The number of carbonyl (C=O) groups excluding carboxylic acids is 1. The molecule has 1 amide bonds. The lowest BCUT2D eigenvalue weighted by Gasteiger charge is -2.34. The van der Waals surface area contributed by atoms with Gasteiger partial charge in [-0.3, -0.25) is 14.6 Å². The van der Waals surface area contributed by atoms with Crippen LogP contribution in [-0.4, -0.2) is 39.0 Å². The molecule has 0 fully saturated rings. The Morgan fingerprint density at radius 1 is 1.19 bits per heavy atom. The number of nitrogens with zero attached hydrogens (tertiary/aromatic N) is 2. The van der Waals surface area contributed by atoms with Gasteiger partial charge < -0.3 is 10.0 Å². The fourth-order valence-corrected chi connectivity index (χ4v) is 2.17. The van der Waals surface area contributed by atoms with Crippen LogP contribution < -0.4 is 0 Å². The molecule has 0 saturated carbocycles. The van der Waals surface area contributed by atoms with E-state index in [0.29, 0.717) is 0 Å². The van der Waals surface area contributed by atoms with Crippen molar-refractivity contribution in [2.75, 3.05) is 6.54 Å². The number of rotatable bonds is 3. The van der Waals surface area contributed by atoms with E-state index in [1.807, 2.05) is 30.3 Å². The summed E-state index contributed by atoms with van der Waals surface area (Å²) in [5.74, 6) is -1.42. The minimum absolute atomic E-state index is 0.282. The van der Waals surface area contributed by atoms with Gasteiger partial charge >= 0.3 is 5.97 Å². The van der Waals surface area contributed by atoms with Crippen molar-refractivity contribution in [2.45, 2.75) is 26.3 Å². The number of fused-ring (bicyclic) bond motifs is 1. The summed E-state index contributed by atoms with van der Waals surface area (Å²) in [5, 5.41) is 10.7. The largest absolute Gasteiger partial charge is 0.480 e. The molecule has 1 heterocycles. The molecule has 0 aliphatic heterocycles. The Morgan fingerprint density at radius 3 is 2.48 bits per heavy atom. The summed E-state index contributed by atoms with van der Waals surface area (Å²) < 4.78 is 0. The van der Waals surface area contributed by atoms with Gasteiger partial charge in [0.2, 0.25) is 0 Å². The van der Waals surface area contributed by atoms with E-state index in [0.717, 1.165) is 10.8 Å². The van der Waals surface area contributed by atoms with E-state index < -0.39 is 11.5 Å². The lowest BCUT2D eigenvalue weighted by Crippen LogP contribution is -2.48. The number of aliphatic carboxylic acids is 1. The van der Waals surface area contributed by atoms with E-state index in [1.54, 1.807) is 27.0 Å². The van der Waals surface area contributed by atoms with Gasteiger partial charge in [-0.15, -0.1) is 0 Å². The molecule has 5 nitrogen and oxygen atoms in total. The van der Waals surface area contributed by atoms with Gasteiger partial charge in [-0.25, -0.2) is 0 Å².